The molecule has 4 atom stereocenters. The smallest absolute Gasteiger partial charge is 0.150 e. The van der Waals surface area contributed by atoms with Crippen LogP contribution in [0.1, 0.15) is 0 Å². The molecular formula is C6H8Br2O2S. The van der Waals surface area contributed by atoms with Crippen LogP contribution in [0.2, 0.25) is 0 Å². The van der Waals surface area contributed by atoms with Crippen LogP contribution >= 0.6 is 31.9 Å². The first-order valence-electron chi connectivity index (χ1n) is 3.50. The summed E-state index contributed by atoms with van der Waals surface area (Å²) in [7, 11) is -2.71. The van der Waals surface area contributed by atoms with Gasteiger partial charge in [-0.1, -0.05) is 31.9 Å². The Balaban J connectivity index is 2.22. The lowest BCUT2D eigenvalue weighted by Crippen LogP contribution is -2.47. The molecule has 1 heterocycles. The van der Waals surface area contributed by atoms with Gasteiger partial charge in [0.15, 0.2) is 9.84 Å². The van der Waals surface area contributed by atoms with E-state index in [1.54, 1.807) is 0 Å². The molecule has 2 nitrogen and oxygen atoms in total. The van der Waals surface area contributed by atoms with Gasteiger partial charge < -0.3 is 0 Å². The Hall–Kier alpha value is 0.910. The van der Waals surface area contributed by atoms with Crippen molar-refractivity contribution in [3.8, 4) is 0 Å². The molecule has 0 amide bonds. The summed E-state index contributed by atoms with van der Waals surface area (Å²) in [5.41, 5.74) is 0. The zero-order valence-corrected chi connectivity index (χ0v) is 9.69. The van der Waals surface area contributed by atoms with Crippen molar-refractivity contribution in [3.05, 3.63) is 0 Å². The maximum Gasteiger partial charge on any atom is 0.150 e. The monoisotopic (exact) mass is 302 g/mol. The van der Waals surface area contributed by atoms with Crippen LogP contribution in [0.3, 0.4) is 0 Å². The van der Waals surface area contributed by atoms with E-state index in [0.717, 1.165) is 0 Å². The predicted octanol–water partition coefficient (Wildman–Crippen LogP) is 1.19. The first-order chi connectivity index (χ1) is 5.01. The van der Waals surface area contributed by atoms with Crippen molar-refractivity contribution in [1.29, 1.82) is 0 Å². The van der Waals surface area contributed by atoms with Crippen LogP contribution in [0.25, 0.3) is 0 Å². The fourth-order valence-corrected chi connectivity index (χ4v) is 6.54. The molecule has 2 rings (SSSR count). The van der Waals surface area contributed by atoms with Gasteiger partial charge in [-0.15, -0.1) is 0 Å². The lowest BCUT2D eigenvalue weighted by molar-refractivity contribution is 0.281. The van der Waals surface area contributed by atoms with E-state index >= 15 is 0 Å². The van der Waals surface area contributed by atoms with E-state index in [2.05, 4.69) is 31.9 Å². The summed E-state index contributed by atoms with van der Waals surface area (Å²) in [6.07, 6.45) is 0. The van der Waals surface area contributed by atoms with Gasteiger partial charge in [0.05, 0.1) is 11.5 Å². The highest BCUT2D eigenvalue weighted by molar-refractivity contribution is 9.12. The van der Waals surface area contributed by atoms with Crippen LogP contribution in [0.4, 0.5) is 0 Å². The normalized spacial score (nSPS) is 53.3. The van der Waals surface area contributed by atoms with Gasteiger partial charge >= 0.3 is 0 Å². The topological polar surface area (TPSA) is 34.1 Å². The average molecular weight is 304 g/mol. The molecule has 64 valence electrons. The van der Waals surface area contributed by atoms with Crippen molar-refractivity contribution in [2.75, 3.05) is 11.5 Å². The van der Waals surface area contributed by atoms with Gasteiger partial charge in [-0.2, -0.15) is 0 Å². The molecule has 1 saturated heterocycles. The highest BCUT2D eigenvalue weighted by Gasteiger charge is 2.55. The fraction of sp³-hybridized carbons (Fsp3) is 1.00. The summed E-state index contributed by atoms with van der Waals surface area (Å²) >= 11 is 6.95. The van der Waals surface area contributed by atoms with Crippen molar-refractivity contribution < 1.29 is 8.42 Å². The van der Waals surface area contributed by atoms with Gasteiger partial charge in [0, 0.05) is 9.65 Å². The fourth-order valence-electron chi connectivity index (χ4n) is 1.88. The van der Waals surface area contributed by atoms with Gasteiger partial charge in [-0.3, -0.25) is 0 Å². The van der Waals surface area contributed by atoms with Gasteiger partial charge in [0.1, 0.15) is 0 Å². The van der Waals surface area contributed by atoms with Crippen molar-refractivity contribution in [2.24, 2.45) is 11.8 Å². The van der Waals surface area contributed by atoms with Gasteiger partial charge in [0.2, 0.25) is 0 Å². The Labute approximate surface area is 82.9 Å². The van der Waals surface area contributed by atoms with E-state index in [4.69, 9.17) is 0 Å². The van der Waals surface area contributed by atoms with E-state index in [-0.39, 0.29) is 0 Å². The lowest BCUT2D eigenvalue weighted by Gasteiger charge is -2.41. The quantitative estimate of drug-likeness (QED) is 0.630. The number of alkyl halides is 2. The first-order valence-corrected chi connectivity index (χ1v) is 7.15. The maximum atomic E-state index is 11.1. The summed E-state index contributed by atoms with van der Waals surface area (Å²) in [6.45, 7) is 0. The number of hydrogen-bond acceptors (Lipinski definition) is 2. The molecule has 0 spiro atoms. The minimum absolute atomic E-state index is 0.365. The summed E-state index contributed by atoms with van der Waals surface area (Å²) in [5.74, 6) is 1.50. The van der Waals surface area contributed by atoms with Gasteiger partial charge in [-0.05, 0) is 11.8 Å². The Morgan fingerprint density at radius 1 is 1.00 bits per heavy atom. The Bertz CT molecular complexity index is 252. The molecule has 1 aliphatic carbocycles. The first kappa shape index (κ1) is 8.51. The highest BCUT2D eigenvalue weighted by Crippen LogP contribution is 2.50. The number of halogens is 2. The number of hydrogen-bond donors (Lipinski definition) is 0. The summed E-state index contributed by atoms with van der Waals surface area (Å²) < 4.78 is 22.3. The van der Waals surface area contributed by atoms with Crippen LogP contribution in [0, 0.1) is 11.8 Å². The van der Waals surface area contributed by atoms with E-state index < -0.39 is 9.84 Å². The SMILES string of the molecule is O=S1(=O)C[C@@H]2[C@H](Br)[C@@H](Br)[C@@H]2C1. The third-order valence-corrected chi connectivity index (χ3v) is 7.56. The zero-order chi connectivity index (χ0) is 8.22. The molecule has 2 fully saturated rings. The molecule has 2 aliphatic rings. The van der Waals surface area contributed by atoms with Crippen molar-refractivity contribution in [2.45, 2.75) is 9.65 Å². The molecule has 1 aliphatic heterocycles. The van der Waals surface area contributed by atoms with Crippen molar-refractivity contribution in [3.63, 3.8) is 0 Å². The Morgan fingerprint density at radius 3 is 1.73 bits per heavy atom. The number of sulfone groups is 1. The molecule has 0 aromatic heterocycles. The van der Waals surface area contributed by atoms with Gasteiger partial charge in [0.25, 0.3) is 0 Å². The zero-order valence-electron chi connectivity index (χ0n) is 5.70. The Morgan fingerprint density at radius 2 is 1.36 bits per heavy atom. The minimum Gasteiger partial charge on any atom is -0.229 e. The standard InChI is InChI=1S/C6H8Br2O2S/c7-5-3-1-11(9,10)2-4(3)6(5)8/h3-6H,1-2H2/t3-,4+,5-,6-/m0/s1. The summed E-state index contributed by atoms with van der Waals surface area (Å²) in [6, 6.07) is 0. The summed E-state index contributed by atoms with van der Waals surface area (Å²) in [5, 5.41) is 0. The molecule has 0 aromatic rings. The molecule has 0 unspecified atom stereocenters. The van der Waals surface area contributed by atoms with Crippen LogP contribution < -0.4 is 0 Å². The molecule has 5 heteroatoms. The molecule has 0 radical (unpaired) electrons. The largest absolute Gasteiger partial charge is 0.229 e. The third kappa shape index (κ3) is 1.20. The van der Waals surface area contributed by atoms with Crippen LogP contribution in [0.15, 0.2) is 0 Å². The van der Waals surface area contributed by atoms with E-state index in [0.29, 0.717) is 33.0 Å². The van der Waals surface area contributed by atoms with Crippen LogP contribution in [-0.2, 0) is 9.84 Å². The van der Waals surface area contributed by atoms with Crippen molar-refractivity contribution in [1.82, 2.24) is 0 Å². The molecule has 0 bridgehead atoms. The van der Waals surface area contributed by atoms with Crippen LogP contribution in [-0.4, -0.2) is 29.6 Å². The van der Waals surface area contributed by atoms with Gasteiger partial charge in [-0.25, -0.2) is 8.42 Å². The molecule has 0 aromatic carbocycles. The van der Waals surface area contributed by atoms with Crippen LogP contribution in [0.5, 0.6) is 0 Å². The van der Waals surface area contributed by atoms with E-state index in [9.17, 15) is 8.42 Å². The number of rotatable bonds is 0. The van der Waals surface area contributed by atoms with E-state index in [1.807, 2.05) is 0 Å². The Kier molecular flexibility index (Phi) is 1.89. The number of fused-ring (bicyclic) bond motifs is 1. The second-order valence-electron chi connectivity index (χ2n) is 3.29. The average Bonchev–Trinajstić information content (AvgIpc) is 2.23. The molecule has 0 N–H and O–H groups in total. The minimum atomic E-state index is -2.71. The second-order valence-corrected chi connectivity index (χ2v) is 7.56. The molecule has 1 saturated carbocycles. The lowest BCUT2D eigenvalue weighted by atomic mass is 9.76. The third-order valence-electron chi connectivity index (χ3n) is 2.56. The van der Waals surface area contributed by atoms with E-state index in [1.165, 1.54) is 0 Å². The predicted molar refractivity (Wildman–Crippen MR) is 51.1 cm³/mol. The maximum absolute atomic E-state index is 11.1. The van der Waals surface area contributed by atoms with Crippen molar-refractivity contribution >= 4 is 41.7 Å². The molecular weight excluding hydrogens is 296 g/mol. The highest BCUT2D eigenvalue weighted by atomic mass is 79.9. The summed E-state index contributed by atoms with van der Waals surface area (Å²) in [4.78, 5) is 0.731. The molecule has 11 heavy (non-hydrogen) atoms. The second kappa shape index (κ2) is 2.45.